The molecule has 6 heteroatoms. The minimum absolute atomic E-state index is 0.127. The third-order valence-electron chi connectivity index (χ3n) is 2.99. The first-order valence-corrected chi connectivity index (χ1v) is 7.10. The van der Waals surface area contributed by atoms with E-state index < -0.39 is 11.7 Å². The number of alkyl carbamates (subject to hydrolysis) is 1. The van der Waals surface area contributed by atoms with Crippen molar-refractivity contribution in [1.82, 2.24) is 5.32 Å². The van der Waals surface area contributed by atoms with Gasteiger partial charge in [0, 0.05) is 24.1 Å². The first-order chi connectivity index (χ1) is 10.3. The summed E-state index contributed by atoms with van der Waals surface area (Å²) in [6.07, 6.45) is -0.515. The summed E-state index contributed by atoms with van der Waals surface area (Å²) in [5.74, 6) is 0.968. The number of aliphatic hydroxyl groups is 1. The number of ether oxygens (including phenoxy) is 3. The van der Waals surface area contributed by atoms with Crippen LogP contribution in [-0.4, -0.2) is 44.2 Å². The first kappa shape index (κ1) is 18.1. The number of benzene rings is 1. The smallest absolute Gasteiger partial charge is 0.407 e. The molecule has 6 nitrogen and oxygen atoms in total. The quantitative estimate of drug-likeness (QED) is 0.843. The van der Waals surface area contributed by atoms with Gasteiger partial charge in [-0.05, 0) is 26.8 Å². The second-order valence-corrected chi connectivity index (χ2v) is 5.87. The van der Waals surface area contributed by atoms with Gasteiger partial charge >= 0.3 is 6.09 Å². The number of aliphatic hydroxyl groups excluding tert-OH is 1. The summed E-state index contributed by atoms with van der Waals surface area (Å²) < 4.78 is 15.6. The summed E-state index contributed by atoms with van der Waals surface area (Å²) in [6, 6.07) is 5.34. The Bertz CT molecular complexity index is 496. The zero-order valence-corrected chi connectivity index (χ0v) is 13.8. The lowest BCUT2D eigenvalue weighted by Gasteiger charge is -2.22. The van der Waals surface area contributed by atoms with Crippen LogP contribution in [0.25, 0.3) is 0 Å². The van der Waals surface area contributed by atoms with Gasteiger partial charge in [-0.3, -0.25) is 0 Å². The molecular weight excluding hydrogens is 286 g/mol. The normalized spacial score (nSPS) is 12.5. The van der Waals surface area contributed by atoms with Crippen molar-refractivity contribution in [2.24, 2.45) is 0 Å². The van der Waals surface area contributed by atoms with E-state index in [0.717, 1.165) is 5.56 Å². The molecule has 22 heavy (non-hydrogen) atoms. The molecule has 1 rings (SSSR count). The van der Waals surface area contributed by atoms with Gasteiger partial charge in [0.05, 0.1) is 20.8 Å². The van der Waals surface area contributed by atoms with Gasteiger partial charge in [0.15, 0.2) is 0 Å². The van der Waals surface area contributed by atoms with Crippen molar-refractivity contribution in [3.8, 4) is 11.5 Å². The van der Waals surface area contributed by atoms with Crippen LogP contribution >= 0.6 is 0 Å². The molecule has 0 aliphatic heterocycles. The zero-order valence-electron chi connectivity index (χ0n) is 13.8. The van der Waals surface area contributed by atoms with E-state index in [1.807, 2.05) is 6.07 Å². The molecule has 0 fully saturated rings. The Morgan fingerprint density at radius 2 is 1.95 bits per heavy atom. The molecule has 124 valence electrons. The van der Waals surface area contributed by atoms with E-state index in [9.17, 15) is 9.90 Å². The standard InChI is InChI=1S/C16H25NO5/c1-16(2,3)22-15(19)17-9-11(10-18)13-7-6-12(20-4)8-14(13)21-5/h6-8,11,18H,9-10H2,1-5H3,(H,17,19). The highest BCUT2D eigenvalue weighted by Gasteiger charge is 2.20. The van der Waals surface area contributed by atoms with Crippen LogP contribution in [-0.2, 0) is 4.74 Å². The minimum atomic E-state index is -0.559. The highest BCUT2D eigenvalue weighted by molar-refractivity contribution is 5.67. The maximum atomic E-state index is 11.7. The van der Waals surface area contributed by atoms with Crippen LogP contribution in [0.1, 0.15) is 32.3 Å². The number of carbonyl (C=O) groups excluding carboxylic acids is 1. The molecule has 0 aliphatic carbocycles. The van der Waals surface area contributed by atoms with E-state index in [0.29, 0.717) is 11.5 Å². The molecule has 0 aliphatic rings. The predicted molar refractivity (Wildman–Crippen MR) is 83.6 cm³/mol. The van der Waals surface area contributed by atoms with Crippen molar-refractivity contribution in [2.75, 3.05) is 27.4 Å². The Labute approximate surface area is 131 Å². The molecule has 0 saturated carbocycles. The summed E-state index contributed by atoms with van der Waals surface area (Å²) in [6.45, 7) is 5.50. The largest absolute Gasteiger partial charge is 0.497 e. The van der Waals surface area contributed by atoms with Crippen LogP contribution in [0.3, 0.4) is 0 Å². The van der Waals surface area contributed by atoms with Crippen LogP contribution in [0, 0.1) is 0 Å². The highest BCUT2D eigenvalue weighted by Crippen LogP contribution is 2.30. The summed E-state index contributed by atoms with van der Waals surface area (Å²) >= 11 is 0. The molecule has 2 N–H and O–H groups in total. The molecule has 1 amide bonds. The van der Waals surface area contributed by atoms with E-state index >= 15 is 0 Å². The lowest BCUT2D eigenvalue weighted by Crippen LogP contribution is -2.35. The number of rotatable bonds is 6. The van der Waals surface area contributed by atoms with E-state index in [1.54, 1.807) is 47.1 Å². The lowest BCUT2D eigenvalue weighted by molar-refractivity contribution is 0.0520. The topological polar surface area (TPSA) is 77.0 Å². The Kier molecular flexibility index (Phi) is 6.49. The SMILES string of the molecule is COc1ccc(C(CO)CNC(=O)OC(C)(C)C)c(OC)c1. The second kappa shape index (κ2) is 7.89. The third-order valence-corrected chi connectivity index (χ3v) is 2.99. The number of methoxy groups -OCH3 is 2. The third kappa shape index (κ3) is 5.44. The summed E-state index contributed by atoms with van der Waals surface area (Å²) in [5.41, 5.74) is 0.234. The Hall–Kier alpha value is -1.95. The molecule has 0 spiro atoms. The summed E-state index contributed by atoms with van der Waals surface area (Å²) in [7, 11) is 3.12. The van der Waals surface area contributed by atoms with Gasteiger partial charge < -0.3 is 24.6 Å². The number of amides is 1. The highest BCUT2D eigenvalue weighted by atomic mass is 16.6. The van der Waals surface area contributed by atoms with Crippen molar-refractivity contribution >= 4 is 6.09 Å². The van der Waals surface area contributed by atoms with E-state index in [4.69, 9.17) is 14.2 Å². The zero-order chi connectivity index (χ0) is 16.8. The monoisotopic (exact) mass is 311 g/mol. The number of carbonyl (C=O) groups is 1. The van der Waals surface area contributed by atoms with Crippen molar-refractivity contribution in [2.45, 2.75) is 32.3 Å². The predicted octanol–water partition coefficient (Wildman–Crippen LogP) is 2.30. The molecule has 0 heterocycles. The molecule has 1 aromatic carbocycles. The maximum Gasteiger partial charge on any atom is 0.407 e. The van der Waals surface area contributed by atoms with Gasteiger partial charge in [-0.15, -0.1) is 0 Å². The maximum absolute atomic E-state index is 11.7. The fourth-order valence-corrected chi connectivity index (χ4v) is 1.95. The number of hydrogen-bond donors (Lipinski definition) is 2. The van der Waals surface area contributed by atoms with Crippen LogP contribution in [0.5, 0.6) is 11.5 Å². The van der Waals surface area contributed by atoms with Crippen LogP contribution in [0.15, 0.2) is 18.2 Å². The Morgan fingerprint density at radius 1 is 1.27 bits per heavy atom. The molecule has 1 unspecified atom stereocenters. The van der Waals surface area contributed by atoms with E-state index in [2.05, 4.69) is 5.32 Å². The van der Waals surface area contributed by atoms with Crippen molar-refractivity contribution in [3.63, 3.8) is 0 Å². The van der Waals surface area contributed by atoms with Gasteiger partial charge in [0.2, 0.25) is 0 Å². The van der Waals surface area contributed by atoms with Gasteiger partial charge in [-0.2, -0.15) is 0 Å². The molecular formula is C16H25NO5. The average molecular weight is 311 g/mol. The van der Waals surface area contributed by atoms with Gasteiger partial charge in [0.1, 0.15) is 17.1 Å². The first-order valence-electron chi connectivity index (χ1n) is 7.10. The number of hydrogen-bond acceptors (Lipinski definition) is 5. The number of nitrogens with one attached hydrogen (secondary N) is 1. The van der Waals surface area contributed by atoms with Crippen LogP contribution in [0.4, 0.5) is 4.79 Å². The molecule has 0 radical (unpaired) electrons. The molecule has 0 aromatic heterocycles. The molecule has 1 aromatic rings. The summed E-state index contributed by atoms with van der Waals surface area (Å²) in [5, 5.41) is 12.3. The van der Waals surface area contributed by atoms with Gasteiger partial charge in [0.25, 0.3) is 0 Å². The Morgan fingerprint density at radius 3 is 2.45 bits per heavy atom. The molecule has 0 saturated heterocycles. The molecule has 0 bridgehead atoms. The second-order valence-electron chi connectivity index (χ2n) is 5.87. The Balaban J connectivity index is 2.78. The summed E-state index contributed by atoms with van der Waals surface area (Å²) in [4.78, 5) is 11.7. The van der Waals surface area contributed by atoms with Crippen molar-refractivity contribution in [1.29, 1.82) is 0 Å². The fraction of sp³-hybridized carbons (Fsp3) is 0.562. The fourth-order valence-electron chi connectivity index (χ4n) is 1.95. The lowest BCUT2D eigenvalue weighted by atomic mass is 9.98. The van der Waals surface area contributed by atoms with Crippen LogP contribution < -0.4 is 14.8 Å². The van der Waals surface area contributed by atoms with E-state index in [-0.39, 0.29) is 19.1 Å². The van der Waals surface area contributed by atoms with Crippen molar-refractivity contribution in [3.05, 3.63) is 23.8 Å². The van der Waals surface area contributed by atoms with Gasteiger partial charge in [-0.25, -0.2) is 4.79 Å². The van der Waals surface area contributed by atoms with E-state index in [1.165, 1.54) is 0 Å². The minimum Gasteiger partial charge on any atom is -0.497 e. The van der Waals surface area contributed by atoms with Gasteiger partial charge in [-0.1, -0.05) is 6.07 Å². The van der Waals surface area contributed by atoms with Crippen molar-refractivity contribution < 1.29 is 24.1 Å². The van der Waals surface area contributed by atoms with Crippen LogP contribution in [0.2, 0.25) is 0 Å². The average Bonchev–Trinajstić information content (AvgIpc) is 2.46. The molecule has 1 atom stereocenters.